The predicted molar refractivity (Wildman–Crippen MR) is 112 cm³/mol. The summed E-state index contributed by atoms with van der Waals surface area (Å²) in [5, 5.41) is 0. The fourth-order valence-electron chi connectivity index (χ4n) is 3.29. The molecule has 1 aliphatic rings. The Hall–Kier alpha value is -3.54. The average Bonchev–Trinajstić information content (AvgIpc) is 2.79. The normalized spacial score (nSPS) is 14.4. The second-order valence-electron chi connectivity index (χ2n) is 6.82. The Bertz CT molecular complexity index is 997. The number of carbonyl (C=O) groups is 1. The third-order valence-electron chi connectivity index (χ3n) is 4.93. The van der Waals surface area contributed by atoms with Crippen molar-refractivity contribution >= 4 is 17.8 Å². The molecule has 0 N–H and O–H groups in total. The van der Waals surface area contributed by atoms with Gasteiger partial charge in [0.2, 0.25) is 5.91 Å². The Morgan fingerprint density at radius 1 is 0.931 bits per heavy atom. The van der Waals surface area contributed by atoms with Crippen LogP contribution in [0.1, 0.15) is 5.56 Å². The van der Waals surface area contributed by atoms with Crippen LogP contribution in [0.3, 0.4) is 0 Å². The van der Waals surface area contributed by atoms with E-state index in [1.807, 2.05) is 41.3 Å². The number of benzene rings is 2. The maximum atomic E-state index is 13.0. The highest BCUT2D eigenvalue weighted by Gasteiger charge is 2.21. The molecule has 1 fully saturated rings. The Labute approximate surface area is 169 Å². The maximum Gasteiger partial charge on any atom is 0.246 e. The number of piperazine rings is 1. The van der Waals surface area contributed by atoms with E-state index in [-0.39, 0.29) is 11.7 Å². The standard InChI is InChI=1S/C23H21FN4O/c24-20-9-6-18(7-10-20)8-11-23(29)28-14-12-27(13-15-28)22-16-21(25-17-26-22)19-4-2-1-3-5-19/h1-11,16-17H,12-15H2/b11-8+. The van der Waals surface area contributed by atoms with Gasteiger partial charge in [-0.25, -0.2) is 14.4 Å². The summed E-state index contributed by atoms with van der Waals surface area (Å²) in [4.78, 5) is 25.2. The Morgan fingerprint density at radius 3 is 2.38 bits per heavy atom. The molecule has 0 bridgehead atoms. The molecule has 6 heteroatoms. The van der Waals surface area contributed by atoms with E-state index < -0.39 is 0 Å². The van der Waals surface area contributed by atoms with Crippen molar-refractivity contribution in [2.75, 3.05) is 31.1 Å². The van der Waals surface area contributed by atoms with E-state index in [1.165, 1.54) is 12.1 Å². The van der Waals surface area contributed by atoms with E-state index in [2.05, 4.69) is 14.9 Å². The molecule has 5 nitrogen and oxygen atoms in total. The van der Waals surface area contributed by atoms with Crippen molar-refractivity contribution in [1.82, 2.24) is 14.9 Å². The first-order chi connectivity index (χ1) is 14.2. The van der Waals surface area contributed by atoms with Gasteiger partial charge in [0.1, 0.15) is 18.0 Å². The maximum absolute atomic E-state index is 13.0. The molecule has 0 saturated carbocycles. The topological polar surface area (TPSA) is 49.3 Å². The molecule has 2 aromatic carbocycles. The summed E-state index contributed by atoms with van der Waals surface area (Å²) in [7, 11) is 0. The molecule has 1 aliphatic heterocycles. The first-order valence-corrected chi connectivity index (χ1v) is 9.54. The molecule has 0 spiro atoms. The van der Waals surface area contributed by atoms with Crippen LogP contribution in [-0.4, -0.2) is 47.0 Å². The second kappa shape index (κ2) is 8.65. The van der Waals surface area contributed by atoms with E-state index >= 15 is 0 Å². The van der Waals surface area contributed by atoms with Gasteiger partial charge >= 0.3 is 0 Å². The molecule has 29 heavy (non-hydrogen) atoms. The van der Waals surface area contributed by atoms with Crippen LogP contribution in [0, 0.1) is 5.82 Å². The molecule has 0 atom stereocenters. The molecule has 0 unspecified atom stereocenters. The van der Waals surface area contributed by atoms with Crippen molar-refractivity contribution < 1.29 is 9.18 Å². The van der Waals surface area contributed by atoms with E-state index in [4.69, 9.17) is 0 Å². The number of hydrogen-bond donors (Lipinski definition) is 0. The predicted octanol–water partition coefficient (Wildman–Crippen LogP) is 3.64. The largest absolute Gasteiger partial charge is 0.353 e. The lowest BCUT2D eigenvalue weighted by molar-refractivity contribution is -0.126. The second-order valence-corrected chi connectivity index (χ2v) is 6.82. The van der Waals surface area contributed by atoms with Gasteiger partial charge in [-0.1, -0.05) is 42.5 Å². The Balaban J connectivity index is 1.37. The van der Waals surface area contributed by atoms with Gasteiger partial charge < -0.3 is 9.80 Å². The number of amides is 1. The van der Waals surface area contributed by atoms with Crippen LogP contribution in [0.4, 0.5) is 10.2 Å². The molecule has 1 saturated heterocycles. The smallest absolute Gasteiger partial charge is 0.246 e. The summed E-state index contributed by atoms with van der Waals surface area (Å²) < 4.78 is 13.0. The summed E-state index contributed by atoms with van der Waals surface area (Å²) in [6.45, 7) is 2.66. The van der Waals surface area contributed by atoms with E-state index in [0.717, 1.165) is 22.6 Å². The monoisotopic (exact) mass is 388 g/mol. The summed E-state index contributed by atoms with van der Waals surface area (Å²) in [5.41, 5.74) is 2.74. The highest BCUT2D eigenvalue weighted by atomic mass is 19.1. The minimum Gasteiger partial charge on any atom is -0.353 e. The van der Waals surface area contributed by atoms with Crippen LogP contribution < -0.4 is 4.90 Å². The highest BCUT2D eigenvalue weighted by Crippen LogP contribution is 2.21. The lowest BCUT2D eigenvalue weighted by Crippen LogP contribution is -2.48. The molecular weight excluding hydrogens is 367 g/mol. The van der Waals surface area contributed by atoms with Crippen LogP contribution in [-0.2, 0) is 4.79 Å². The van der Waals surface area contributed by atoms with E-state index in [1.54, 1.807) is 30.6 Å². The number of carbonyl (C=O) groups excluding carboxylic acids is 1. The molecular formula is C23H21FN4O. The van der Waals surface area contributed by atoms with Gasteiger partial charge in [0.05, 0.1) is 5.69 Å². The van der Waals surface area contributed by atoms with Crippen LogP contribution in [0.2, 0.25) is 0 Å². The molecule has 1 amide bonds. The lowest BCUT2D eigenvalue weighted by Gasteiger charge is -2.35. The zero-order chi connectivity index (χ0) is 20.1. The van der Waals surface area contributed by atoms with Crippen molar-refractivity contribution in [2.45, 2.75) is 0 Å². The molecule has 3 aromatic rings. The Morgan fingerprint density at radius 2 is 1.66 bits per heavy atom. The highest BCUT2D eigenvalue weighted by molar-refractivity contribution is 5.92. The Kier molecular flexibility index (Phi) is 5.61. The molecule has 2 heterocycles. The number of hydrogen-bond acceptors (Lipinski definition) is 4. The van der Waals surface area contributed by atoms with Gasteiger partial charge in [-0.2, -0.15) is 0 Å². The van der Waals surface area contributed by atoms with E-state index in [0.29, 0.717) is 26.2 Å². The summed E-state index contributed by atoms with van der Waals surface area (Å²) in [6, 6.07) is 18.1. The fraction of sp³-hybridized carbons (Fsp3) is 0.174. The first-order valence-electron chi connectivity index (χ1n) is 9.54. The van der Waals surface area contributed by atoms with Gasteiger partial charge in [-0.15, -0.1) is 0 Å². The SMILES string of the molecule is O=C(/C=C/c1ccc(F)cc1)N1CCN(c2cc(-c3ccccc3)ncn2)CC1. The summed E-state index contributed by atoms with van der Waals surface area (Å²) in [6.07, 6.45) is 4.84. The summed E-state index contributed by atoms with van der Waals surface area (Å²) in [5.74, 6) is 0.541. The zero-order valence-corrected chi connectivity index (χ0v) is 15.9. The minimum absolute atomic E-state index is 0.0402. The lowest BCUT2D eigenvalue weighted by atomic mass is 10.1. The third-order valence-corrected chi connectivity index (χ3v) is 4.93. The number of nitrogens with zero attached hydrogens (tertiary/aromatic N) is 4. The van der Waals surface area contributed by atoms with Crippen LogP contribution >= 0.6 is 0 Å². The quantitative estimate of drug-likeness (QED) is 0.641. The van der Waals surface area contributed by atoms with Crippen LogP contribution in [0.5, 0.6) is 0 Å². The number of anilines is 1. The van der Waals surface area contributed by atoms with Crippen molar-refractivity contribution in [3.8, 4) is 11.3 Å². The van der Waals surface area contributed by atoms with Crippen LogP contribution in [0.25, 0.3) is 17.3 Å². The molecule has 0 aliphatic carbocycles. The first kappa shape index (κ1) is 18.8. The van der Waals surface area contributed by atoms with Crippen molar-refractivity contribution in [1.29, 1.82) is 0 Å². The fourth-order valence-corrected chi connectivity index (χ4v) is 3.29. The molecule has 146 valence electrons. The van der Waals surface area contributed by atoms with Crippen molar-refractivity contribution in [3.63, 3.8) is 0 Å². The van der Waals surface area contributed by atoms with E-state index in [9.17, 15) is 9.18 Å². The number of rotatable bonds is 4. The number of halogens is 1. The van der Waals surface area contributed by atoms with Gasteiger partial charge in [0.25, 0.3) is 0 Å². The summed E-state index contributed by atoms with van der Waals surface area (Å²) >= 11 is 0. The van der Waals surface area contributed by atoms with Crippen molar-refractivity contribution in [3.05, 3.63) is 84.4 Å². The third kappa shape index (κ3) is 4.66. The molecule has 4 rings (SSSR count). The minimum atomic E-state index is -0.287. The van der Waals surface area contributed by atoms with Gasteiger partial charge in [0.15, 0.2) is 0 Å². The molecule has 0 radical (unpaired) electrons. The van der Waals surface area contributed by atoms with Crippen LogP contribution in [0.15, 0.2) is 73.1 Å². The van der Waals surface area contributed by atoms with Gasteiger partial charge in [-0.3, -0.25) is 4.79 Å². The number of aromatic nitrogens is 2. The van der Waals surface area contributed by atoms with Gasteiger partial charge in [0, 0.05) is 43.9 Å². The van der Waals surface area contributed by atoms with Crippen molar-refractivity contribution in [2.24, 2.45) is 0 Å². The van der Waals surface area contributed by atoms with Gasteiger partial charge in [-0.05, 0) is 23.8 Å². The average molecular weight is 388 g/mol. The zero-order valence-electron chi connectivity index (χ0n) is 15.9. The molecule has 1 aromatic heterocycles.